The molecule has 2 N–H and O–H groups in total. The van der Waals surface area contributed by atoms with Gasteiger partial charge >= 0.3 is 6.18 Å². The second kappa shape index (κ2) is 6.52. The van der Waals surface area contributed by atoms with Crippen molar-refractivity contribution in [3.8, 4) is 0 Å². The summed E-state index contributed by atoms with van der Waals surface area (Å²) in [7, 11) is 0. The largest absolute Gasteiger partial charge is 0.417 e. The maximum absolute atomic E-state index is 13.0. The first kappa shape index (κ1) is 18.3. The molecule has 2 heterocycles. The molecule has 0 fully saturated rings. The summed E-state index contributed by atoms with van der Waals surface area (Å²) in [6.45, 7) is 0. The highest BCUT2D eigenvalue weighted by atomic mass is 35.5. The van der Waals surface area contributed by atoms with E-state index < -0.39 is 34.6 Å². The highest BCUT2D eigenvalue weighted by Gasteiger charge is 2.35. The molecule has 6 nitrogen and oxygen atoms in total. The molecule has 3 aromatic rings. The van der Waals surface area contributed by atoms with Crippen molar-refractivity contribution in [2.45, 2.75) is 18.6 Å². The minimum absolute atomic E-state index is 0.0707. The van der Waals surface area contributed by atoms with E-state index in [9.17, 15) is 22.8 Å². The number of aromatic nitrogens is 2. The van der Waals surface area contributed by atoms with E-state index >= 15 is 0 Å². The molecule has 0 saturated heterocycles. The predicted octanol–water partition coefficient (Wildman–Crippen LogP) is 4.23. The summed E-state index contributed by atoms with van der Waals surface area (Å²) in [5.74, 6) is -0.825. The summed E-state index contributed by atoms with van der Waals surface area (Å²) < 4.78 is 40.7. The summed E-state index contributed by atoms with van der Waals surface area (Å²) in [4.78, 5) is 29.1. The van der Waals surface area contributed by atoms with Crippen LogP contribution in [-0.2, 0) is 15.8 Å². The van der Waals surface area contributed by atoms with E-state index in [0.29, 0.717) is 11.0 Å². The number of rotatable bonds is 2. The van der Waals surface area contributed by atoms with Crippen molar-refractivity contribution in [2.75, 3.05) is 10.6 Å². The predicted molar refractivity (Wildman–Crippen MR) is 97.1 cm³/mol. The molecule has 0 saturated carbocycles. The van der Waals surface area contributed by atoms with Crippen LogP contribution in [0.3, 0.4) is 0 Å². The molecule has 28 heavy (non-hydrogen) atoms. The van der Waals surface area contributed by atoms with Gasteiger partial charge in [-0.2, -0.15) is 13.2 Å². The van der Waals surface area contributed by atoms with E-state index in [2.05, 4.69) is 15.6 Å². The van der Waals surface area contributed by atoms with E-state index in [-0.39, 0.29) is 18.1 Å². The van der Waals surface area contributed by atoms with Crippen molar-refractivity contribution in [3.63, 3.8) is 0 Å². The fraction of sp³-hybridized carbons (Fsp3) is 0.167. The van der Waals surface area contributed by atoms with Crippen molar-refractivity contribution >= 4 is 46.1 Å². The van der Waals surface area contributed by atoms with Gasteiger partial charge in [-0.05, 0) is 30.3 Å². The van der Waals surface area contributed by atoms with Crippen LogP contribution in [0.2, 0.25) is 5.02 Å². The molecule has 1 atom stereocenters. The van der Waals surface area contributed by atoms with Gasteiger partial charge in [-0.15, -0.1) is 0 Å². The van der Waals surface area contributed by atoms with Crippen molar-refractivity contribution in [3.05, 3.63) is 53.1 Å². The van der Waals surface area contributed by atoms with Crippen LogP contribution in [0.5, 0.6) is 0 Å². The third kappa shape index (κ3) is 3.18. The summed E-state index contributed by atoms with van der Waals surface area (Å²) in [6.07, 6.45) is -4.82. The van der Waals surface area contributed by atoms with Crippen LogP contribution in [0.25, 0.3) is 11.0 Å². The van der Waals surface area contributed by atoms with Crippen molar-refractivity contribution < 1.29 is 22.8 Å². The zero-order chi connectivity index (χ0) is 20.1. The highest BCUT2D eigenvalue weighted by molar-refractivity contribution is 6.31. The number of nitrogens with one attached hydrogen (secondary N) is 2. The molecule has 0 radical (unpaired) electrons. The van der Waals surface area contributed by atoms with Crippen LogP contribution < -0.4 is 10.6 Å². The summed E-state index contributed by atoms with van der Waals surface area (Å²) >= 11 is 5.60. The third-order valence-corrected chi connectivity index (χ3v) is 4.71. The summed E-state index contributed by atoms with van der Waals surface area (Å²) in [5.41, 5.74) is 0.0916. The zero-order valence-corrected chi connectivity index (χ0v) is 14.8. The lowest BCUT2D eigenvalue weighted by Gasteiger charge is -2.25. The van der Waals surface area contributed by atoms with Crippen LogP contribution >= 0.6 is 11.6 Å². The van der Waals surface area contributed by atoms with Gasteiger partial charge in [0.05, 0.1) is 28.0 Å². The number of benzene rings is 2. The van der Waals surface area contributed by atoms with E-state index in [0.717, 1.165) is 12.1 Å². The normalized spacial score (nSPS) is 16.6. The Bertz CT molecular complexity index is 1110. The standard InChI is InChI=1S/C18H12ClF3N4O2/c19-11-6-5-9(7-10(11)18(20,21)22)23-16(28)14-8-15(27)25-17-24-12-3-1-2-4-13(12)26(14)17/h1-7,14H,8H2,(H,23,28)(H,24,25,27)/t14-/m1/s1. The Hall–Kier alpha value is -3.07. The second-order valence-electron chi connectivity index (χ2n) is 6.24. The van der Waals surface area contributed by atoms with Gasteiger partial charge in [-0.1, -0.05) is 23.7 Å². The zero-order valence-electron chi connectivity index (χ0n) is 14.0. The number of fused-ring (bicyclic) bond motifs is 3. The van der Waals surface area contributed by atoms with Crippen molar-refractivity contribution in [1.82, 2.24) is 9.55 Å². The lowest BCUT2D eigenvalue weighted by Crippen LogP contribution is -2.35. The molecule has 1 aliphatic heterocycles. The molecule has 2 amide bonds. The van der Waals surface area contributed by atoms with Gasteiger partial charge in [0.15, 0.2) is 0 Å². The molecule has 144 valence electrons. The summed E-state index contributed by atoms with van der Waals surface area (Å²) in [6, 6.07) is 9.14. The van der Waals surface area contributed by atoms with Crippen molar-refractivity contribution in [1.29, 1.82) is 0 Å². The van der Waals surface area contributed by atoms with Crippen LogP contribution in [0.15, 0.2) is 42.5 Å². The Morgan fingerprint density at radius 2 is 2.00 bits per heavy atom. The molecule has 4 rings (SSSR count). The van der Waals surface area contributed by atoms with E-state index in [1.54, 1.807) is 28.8 Å². The van der Waals surface area contributed by atoms with E-state index in [1.165, 1.54) is 6.07 Å². The fourth-order valence-electron chi connectivity index (χ4n) is 3.15. The molecule has 10 heteroatoms. The topological polar surface area (TPSA) is 76.0 Å². The number of amides is 2. The summed E-state index contributed by atoms with van der Waals surface area (Å²) in [5, 5.41) is 4.58. The van der Waals surface area contributed by atoms with Crippen LogP contribution in [0, 0.1) is 0 Å². The number of hydrogen-bond acceptors (Lipinski definition) is 3. The number of anilines is 2. The number of hydrogen-bond donors (Lipinski definition) is 2. The van der Waals surface area contributed by atoms with Crippen LogP contribution in [0.1, 0.15) is 18.0 Å². The SMILES string of the molecule is O=C1C[C@H](C(=O)Nc2ccc(Cl)c(C(F)(F)F)c2)n2c(nc3ccccc32)N1. The Morgan fingerprint density at radius 1 is 1.25 bits per heavy atom. The first-order chi connectivity index (χ1) is 13.2. The average Bonchev–Trinajstić information content (AvgIpc) is 2.99. The lowest BCUT2D eigenvalue weighted by atomic mass is 10.1. The Kier molecular flexibility index (Phi) is 4.26. The molecule has 1 aliphatic rings. The quantitative estimate of drug-likeness (QED) is 0.666. The average molecular weight is 409 g/mol. The van der Waals surface area contributed by atoms with Gasteiger partial charge in [-0.3, -0.25) is 19.5 Å². The Labute approximate surface area is 161 Å². The Morgan fingerprint density at radius 3 is 2.75 bits per heavy atom. The van der Waals surface area contributed by atoms with Gasteiger partial charge in [0.25, 0.3) is 0 Å². The van der Waals surface area contributed by atoms with Gasteiger partial charge in [0, 0.05) is 5.69 Å². The van der Waals surface area contributed by atoms with Gasteiger partial charge in [0.1, 0.15) is 6.04 Å². The minimum Gasteiger partial charge on any atom is -0.324 e. The smallest absolute Gasteiger partial charge is 0.324 e. The molecule has 0 unspecified atom stereocenters. The van der Waals surface area contributed by atoms with Gasteiger partial charge in [-0.25, -0.2) is 4.98 Å². The molecule has 0 spiro atoms. The molecular formula is C18H12ClF3N4O2. The number of alkyl halides is 3. The van der Waals surface area contributed by atoms with Gasteiger partial charge < -0.3 is 5.32 Å². The fourth-order valence-corrected chi connectivity index (χ4v) is 3.37. The molecule has 2 aromatic carbocycles. The van der Waals surface area contributed by atoms with E-state index in [1.807, 2.05) is 0 Å². The number of nitrogens with zero attached hydrogens (tertiary/aromatic N) is 2. The van der Waals surface area contributed by atoms with Crippen LogP contribution in [-0.4, -0.2) is 21.4 Å². The number of carbonyl (C=O) groups is 2. The number of halogens is 4. The first-order valence-corrected chi connectivity index (χ1v) is 8.56. The third-order valence-electron chi connectivity index (χ3n) is 4.38. The maximum atomic E-state index is 13.0. The first-order valence-electron chi connectivity index (χ1n) is 8.18. The van der Waals surface area contributed by atoms with Gasteiger partial charge in [0.2, 0.25) is 17.8 Å². The maximum Gasteiger partial charge on any atom is 0.417 e. The highest BCUT2D eigenvalue weighted by Crippen LogP contribution is 2.37. The number of carbonyl (C=O) groups excluding carboxylic acids is 2. The minimum atomic E-state index is -4.66. The second-order valence-corrected chi connectivity index (χ2v) is 6.65. The lowest BCUT2D eigenvalue weighted by molar-refractivity contribution is -0.137. The Balaban J connectivity index is 1.69. The van der Waals surface area contributed by atoms with Crippen molar-refractivity contribution in [2.24, 2.45) is 0 Å². The van der Waals surface area contributed by atoms with Crippen LogP contribution in [0.4, 0.5) is 24.8 Å². The van der Waals surface area contributed by atoms with E-state index in [4.69, 9.17) is 11.6 Å². The molecule has 0 bridgehead atoms. The molecule has 0 aliphatic carbocycles. The molecule has 1 aromatic heterocycles. The molecular weight excluding hydrogens is 397 g/mol. The number of para-hydroxylation sites is 2. The monoisotopic (exact) mass is 408 g/mol. The number of imidazole rings is 1.